The van der Waals surface area contributed by atoms with Crippen LogP contribution < -0.4 is 5.32 Å². The Morgan fingerprint density at radius 1 is 1.38 bits per heavy atom. The molecule has 1 amide bonds. The first-order valence-electron chi connectivity index (χ1n) is 6.42. The Morgan fingerprint density at radius 3 is 2.71 bits per heavy atom. The van der Waals surface area contributed by atoms with Crippen molar-refractivity contribution in [1.29, 1.82) is 0 Å². The van der Waals surface area contributed by atoms with Crippen molar-refractivity contribution in [3.63, 3.8) is 0 Å². The molecule has 1 aromatic heterocycles. The highest BCUT2D eigenvalue weighted by atomic mass is 16.6. The summed E-state index contributed by atoms with van der Waals surface area (Å²) in [5, 5.41) is 13.5. The van der Waals surface area contributed by atoms with Gasteiger partial charge in [-0.25, -0.2) is 0 Å². The van der Waals surface area contributed by atoms with E-state index in [-0.39, 0.29) is 18.3 Å². The monoisotopic (exact) mass is 288 g/mol. The lowest BCUT2D eigenvalue weighted by Gasteiger charge is -2.10. The van der Waals surface area contributed by atoms with Gasteiger partial charge in [-0.2, -0.15) is 0 Å². The van der Waals surface area contributed by atoms with Gasteiger partial charge in [-0.05, 0) is 40.9 Å². The molecule has 21 heavy (non-hydrogen) atoms. The largest absolute Gasteiger partial charge is 0.381 e. The van der Waals surface area contributed by atoms with Gasteiger partial charge in [0.1, 0.15) is 12.7 Å². The molecule has 110 valence electrons. The topological polar surface area (TPSA) is 90.1 Å². The van der Waals surface area contributed by atoms with Crippen molar-refractivity contribution in [3.05, 3.63) is 51.5 Å². The minimum absolute atomic E-state index is 0.0138. The van der Waals surface area contributed by atoms with E-state index in [2.05, 4.69) is 10.3 Å². The first kappa shape index (κ1) is 14.7. The summed E-state index contributed by atoms with van der Waals surface area (Å²) in [4.78, 5) is 25.9. The fourth-order valence-corrected chi connectivity index (χ4v) is 1.97. The Kier molecular flexibility index (Phi) is 4.02. The van der Waals surface area contributed by atoms with Crippen LogP contribution in [0.5, 0.6) is 0 Å². The molecule has 2 rings (SSSR count). The second-order valence-corrected chi connectivity index (χ2v) is 4.83. The number of imidazole rings is 1. The number of nitrogens with one attached hydrogen (secondary N) is 1. The molecule has 0 aliphatic rings. The number of carbonyl (C=O) groups excluding carboxylic acids is 1. The number of rotatable bonds is 4. The Labute approximate surface area is 121 Å². The summed E-state index contributed by atoms with van der Waals surface area (Å²) in [6.07, 6.45) is 1.26. The van der Waals surface area contributed by atoms with Gasteiger partial charge in [-0.3, -0.25) is 9.36 Å². The Hall–Kier alpha value is -2.70. The number of aromatic nitrogens is 2. The summed E-state index contributed by atoms with van der Waals surface area (Å²) in [5.74, 6) is -0.0797. The van der Waals surface area contributed by atoms with Crippen LogP contribution in [0.3, 0.4) is 0 Å². The van der Waals surface area contributed by atoms with Crippen molar-refractivity contribution in [1.82, 2.24) is 9.55 Å². The minimum Gasteiger partial charge on any atom is -0.358 e. The van der Waals surface area contributed by atoms with Crippen LogP contribution in [0, 0.1) is 30.9 Å². The highest BCUT2D eigenvalue weighted by Crippen LogP contribution is 2.18. The van der Waals surface area contributed by atoms with Crippen LogP contribution in [0.15, 0.2) is 24.4 Å². The van der Waals surface area contributed by atoms with Gasteiger partial charge in [-0.15, -0.1) is 0 Å². The molecule has 1 heterocycles. The molecular formula is C14H16N4O3. The fourth-order valence-electron chi connectivity index (χ4n) is 1.97. The Bertz CT molecular complexity index is 706. The minimum atomic E-state index is -0.577. The molecule has 0 unspecified atom stereocenters. The maximum atomic E-state index is 12.0. The molecule has 0 aliphatic carbocycles. The Morgan fingerprint density at radius 2 is 2.10 bits per heavy atom. The third kappa shape index (κ3) is 3.25. The number of hydrogen-bond acceptors (Lipinski definition) is 4. The molecular weight excluding hydrogens is 272 g/mol. The van der Waals surface area contributed by atoms with Crippen molar-refractivity contribution in [2.24, 2.45) is 0 Å². The predicted octanol–water partition coefficient (Wildman–Crippen LogP) is 2.36. The average molecular weight is 288 g/mol. The van der Waals surface area contributed by atoms with E-state index in [9.17, 15) is 14.9 Å². The first-order chi connectivity index (χ1) is 9.88. The molecule has 0 aliphatic heterocycles. The summed E-state index contributed by atoms with van der Waals surface area (Å²) >= 11 is 0. The van der Waals surface area contributed by atoms with E-state index in [0.717, 1.165) is 16.8 Å². The number of hydrogen-bond donors (Lipinski definition) is 1. The summed E-state index contributed by atoms with van der Waals surface area (Å²) in [6.45, 7) is 5.50. The second-order valence-electron chi connectivity index (χ2n) is 4.83. The summed E-state index contributed by atoms with van der Waals surface area (Å²) in [5.41, 5.74) is 2.83. The van der Waals surface area contributed by atoms with Gasteiger partial charge in [0.05, 0.1) is 0 Å². The molecule has 0 fully saturated rings. The van der Waals surface area contributed by atoms with Gasteiger partial charge in [0.25, 0.3) is 0 Å². The van der Waals surface area contributed by atoms with Crippen molar-refractivity contribution in [2.45, 2.75) is 27.3 Å². The van der Waals surface area contributed by atoms with Crippen molar-refractivity contribution < 1.29 is 9.72 Å². The highest BCUT2D eigenvalue weighted by molar-refractivity contribution is 5.91. The van der Waals surface area contributed by atoms with Gasteiger partial charge in [0.15, 0.2) is 0 Å². The molecule has 0 saturated heterocycles. The van der Waals surface area contributed by atoms with Crippen LogP contribution in [0.1, 0.15) is 17.0 Å². The third-order valence-electron chi connectivity index (χ3n) is 3.34. The molecule has 7 heteroatoms. The molecule has 0 bridgehead atoms. The maximum absolute atomic E-state index is 12.0. The SMILES string of the molecule is Cc1cccc(NC(=O)Cn2cc([N+](=O)[O-])nc2C)c1C. The Balaban J connectivity index is 2.12. The molecule has 7 nitrogen and oxygen atoms in total. The van der Waals surface area contributed by atoms with Crippen LogP contribution >= 0.6 is 0 Å². The number of amides is 1. The molecule has 0 spiro atoms. The van der Waals surface area contributed by atoms with Crippen LogP contribution in [0.4, 0.5) is 11.5 Å². The lowest BCUT2D eigenvalue weighted by molar-refractivity contribution is -0.389. The van der Waals surface area contributed by atoms with Crippen molar-refractivity contribution in [3.8, 4) is 0 Å². The summed E-state index contributed by atoms with van der Waals surface area (Å²) < 4.78 is 1.46. The van der Waals surface area contributed by atoms with Gasteiger partial charge in [0, 0.05) is 12.6 Å². The van der Waals surface area contributed by atoms with E-state index < -0.39 is 4.92 Å². The number of nitrogens with zero attached hydrogens (tertiary/aromatic N) is 3. The van der Waals surface area contributed by atoms with E-state index in [0.29, 0.717) is 5.82 Å². The smallest absolute Gasteiger partial charge is 0.358 e. The molecule has 0 atom stereocenters. The second kappa shape index (κ2) is 5.74. The van der Waals surface area contributed by atoms with Crippen molar-refractivity contribution in [2.75, 3.05) is 5.32 Å². The zero-order valence-electron chi connectivity index (χ0n) is 12.1. The quantitative estimate of drug-likeness (QED) is 0.690. The standard InChI is InChI=1S/C14H16N4O3/c1-9-5-4-6-12(10(9)2)16-14(19)8-17-7-13(18(20)21)15-11(17)3/h4-7H,8H2,1-3H3,(H,16,19). The molecule has 0 radical (unpaired) electrons. The van der Waals surface area contributed by atoms with Crippen LogP contribution in [-0.2, 0) is 11.3 Å². The zero-order valence-corrected chi connectivity index (χ0v) is 12.1. The van der Waals surface area contributed by atoms with Crippen LogP contribution in [0.25, 0.3) is 0 Å². The van der Waals surface area contributed by atoms with E-state index in [1.165, 1.54) is 10.8 Å². The number of aryl methyl sites for hydroxylation is 2. The highest BCUT2D eigenvalue weighted by Gasteiger charge is 2.17. The predicted molar refractivity (Wildman–Crippen MR) is 78.2 cm³/mol. The van der Waals surface area contributed by atoms with Gasteiger partial charge in [0.2, 0.25) is 11.7 Å². The summed E-state index contributed by atoms with van der Waals surface area (Å²) in [6, 6.07) is 5.66. The normalized spacial score (nSPS) is 10.4. The van der Waals surface area contributed by atoms with Crippen LogP contribution in [-0.4, -0.2) is 20.4 Å². The number of carbonyl (C=O) groups is 1. The number of benzene rings is 1. The molecule has 1 aromatic carbocycles. The van der Waals surface area contributed by atoms with Crippen molar-refractivity contribution >= 4 is 17.4 Å². The first-order valence-corrected chi connectivity index (χ1v) is 6.42. The van der Waals surface area contributed by atoms with E-state index in [4.69, 9.17) is 0 Å². The lowest BCUT2D eigenvalue weighted by Crippen LogP contribution is -2.19. The van der Waals surface area contributed by atoms with Crippen LogP contribution in [0.2, 0.25) is 0 Å². The summed E-state index contributed by atoms with van der Waals surface area (Å²) in [7, 11) is 0. The van der Waals surface area contributed by atoms with E-state index >= 15 is 0 Å². The third-order valence-corrected chi connectivity index (χ3v) is 3.34. The van der Waals surface area contributed by atoms with E-state index in [1.807, 2.05) is 32.0 Å². The van der Waals surface area contributed by atoms with Gasteiger partial charge in [-0.1, -0.05) is 12.1 Å². The number of anilines is 1. The van der Waals surface area contributed by atoms with E-state index in [1.54, 1.807) is 6.92 Å². The maximum Gasteiger partial charge on any atom is 0.381 e. The number of nitro groups is 1. The molecule has 2 aromatic rings. The average Bonchev–Trinajstić information content (AvgIpc) is 2.77. The fraction of sp³-hybridized carbons (Fsp3) is 0.286. The molecule has 1 N–H and O–H groups in total. The zero-order chi connectivity index (χ0) is 15.6. The molecule has 0 saturated carbocycles. The van der Waals surface area contributed by atoms with Gasteiger partial charge >= 0.3 is 5.82 Å². The van der Waals surface area contributed by atoms with Gasteiger partial charge < -0.3 is 15.4 Å². The lowest BCUT2D eigenvalue weighted by atomic mass is 10.1.